The minimum atomic E-state index is -4.73. The lowest BCUT2D eigenvalue weighted by Crippen LogP contribution is -2.06. The van der Waals surface area contributed by atoms with Gasteiger partial charge in [0.15, 0.2) is 0 Å². The maximum atomic E-state index is 12.7. The van der Waals surface area contributed by atoms with Crippen LogP contribution in [0, 0.1) is 10.1 Å². The molecule has 2 rings (SSSR count). The second kappa shape index (κ2) is 5.84. The third kappa shape index (κ3) is 3.60. The fraction of sp³-hybridized carbons (Fsp3) is 0.0714. The molecule has 0 aliphatic carbocycles. The Hall–Kier alpha value is -2.90. The van der Waals surface area contributed by atoms with Gasteiger partial charge in [-0.3, -0.25) is 14.9 Å². The van der Waals surface area contributed by atoms with E-state index >= 15 is 0 Å². The minimum absolute atomic E-state index is 0.152. The number of non-ortho nitro benzene ring substituents is 1. The molecule has 0 saturated carbocycles. The summed E-state index contributed by atoms with van der Waals surface area (Å²) in [5.74, 6) is -0.167. The molecule has 0 saturated heterocycles. The van der Waals surface area contributed by atoms with Crippen molar-refractivity contribution in [2.75, 3.05) is 0 Å². The molecule has 2 aromatic rings. The Morgan fingerprint density at radius 2 is 1.68 bits per heavy atom. The lowest BCUT2D eigenvalue weighted by molar-refractivity contribution is -0.385. The number of alkyl halides is 3. The van der Waals surface area contributed by atoms with Gasteiger partial charge < -0.3 is 4.74 Å². The summed E-state index contributed by atoms with van der Waals surface area (Å²) in [5.41, 5.74) is -1.54. The third-order valence-corrected chi connectivity index (χ3v) is 2.68. The maximum absolute atomic E-state index is 12.7. The highest BCUT2D eigenvalue weighted by molar-refractivity contribution is 5.74. The molecule has 8 heteroatoms. The number of benzene rings is 2. The molecule has 0 amide bonds. The lowest BCUT2D eigenvalue weighted by atomic mass is 10.2. The number of carbonyl (C=O) groups is 1. The molecule has 0 atom stereocenters. The van der Waals surface area contributed by atoms with Crippen molar-refractivity contribution in [1.82, 2.24) is 0 Å². The van der Waals surface area contributed by atoms with Crippen molar-refractivity contribution >= 4 is 12.0 Å². The van der Waals surface area contributed by atoms with E-state index in [2.05, 4.69) is 0 Å². The van der Waals surface area contributed by atoms with Crippen LogP contribution in [0.5, 0.6) is 11.5 Å². The van der Waals surface area contributed by atoms with E-state index in [1.807, 2.05) is 0 Å². The second-order valence-electron chi connectivity index (χ2n) is 4.26. The SMILES string of the molecule is O=Cc1ccc(Oc2cc([N+](=O)[O-])cc(C(F)(F)F)c2)cc1. The van der Waals surface area contributed by atoms with Gasteiger partial charge in [-0.05, 0) is 30.3 Å². The average Bonchev–Trinajstić information content (AvgIpc) is 2.46. The first kappa shape index (κ1) is 15.5. The van der Waals surface area contributed by atoms with Crippen LogP contribution in [0.3, 0.4) is 0 Å². The summed E-state index contributed by atoms with van der Waals surface area (Å²) in [5, 5.41) is 10.7. The van der Waals surface area contributed by atoms with E-state index < -0.39 is 22.4 Å². The van der Waals surface area contributed by atoms with Crippen molar-refractivity contribution in [1.29, 1.82) is 0 Å². The molecule has 0 radical (unpaired) electrons. The van der Waals surface area contributed by atoms with Crippen molar-refractivity contribution in [3.8, 4) is 11.5 Å². The van der Waals surface area contributed by atoms with Crippen LogP contribution in [-0.4, -0.2) is 11.2 Å². The topological polar surface area (TPSA) is 69.4 Å². The molecule has 2 aromatic carbocycles. The molecule has 22 heavy (non-hydrogen) atoms. The molecule has 0 spiro atoms. The van der Waals surface area contributed by atoms with Crippen molar-refractivity contribution in [3.63, 3.8) is 0 Å². The van der Waals surface area contributed by atoms with Crippen molar-refractivity contribution in [3.05, 3.63) is 63.7 Å². The number of aldehydes is 1. The number of nitro benzene ring substituents is 1. The summed E-state index contributed by atoms with van der Waals surface area (Å²) in [7, 11) is 0. The number of hydrogen-bond donors (Lipinski definition) is 0. The summed E-state index contributed by atoms with van der Waals surface area (Å²) in [6, 6.07) is 7.55. The first-order valence-electron chi connectivity index (χ1n) is 5.89. The van der Waals surface area contributed by atoms with E-state index in [1.54, 1.807) is 0 Å². The highest BCUT2D eigenvalue weighted by Gasteiger charge is 2.33. The van der Waals surface area contributed by atoms with E-state index in [0.717, 1.165) is 6.07 Å². The number of nitrogens with zero attached hydrogens (tertiary/aromatic N) is 1. The quantitative estimate of drug-likeness (QED) is 0.481. The zero-order valence-corrected chi connectivity index (χ0v) is 10.8. The Kier molecular flexibility index (Phi) is 4.11. The number of nitro groups is 1. The van der Waals surface area contributed by atoms with Crippen LogP contribution in [0.1, 0.15) is 15.9 Å². The van der Waals surface area contributed by atoms with Crippen LogP contribution < -0.4 is 4.74 Å². The monoisotopic (exact) mass is 311 g/mol. The number of halogens is 3. The van der Waals surface area contributed by atoms with Crippen LogP contribution in [-0.2, 0) is 6.18 Å². The van der Waals surface area contributed by atoms with Crippen molar-refractivity contribution < 1.29 is 27.6 Å². The van der Waals surface area contributed by atoms with E-state index in [1.165, 1.54) is 24.3 Å². The molecule has 0 aromatic heterocycles. The van der Waals surface area contributed by atoms with Gasteiger partial charge in [0, 0.05) is 11.6 Å². The number of rotatable bonds is 4. The van der Waals surface area contributed by atoms with Gasteiger partial charge in [-0.1, -0.05) is 0 Å². The highest BCUT2D eigenvalue weighted by atomic mass is 19.4. The zero-order valence-electron chi connectivity index (χ0n) is 10.8. The average molecular weight is 311 g/mol. The lowest BCUT2D eigenvalue weighted by Gasteiger charge is -2.10. The molecule has 0 heterocycles. The Morgan fingerprint density at radius 1 is 1.05 bits per heavy atom. The molecule has 0 unspecified atom stereocenters. The van der Waals surface area contributed by atoms with Gasteiger partial charge in [0.05, 0.1) is 16.6 Å². The van der Waals surface area contributed by atoms with Gasteiger partial charge in [-0.15, -0.1) is 0 Å². The maximum Gasteiger partial charge on any atom is 0.416 e. The molecule has 0 N–H and O–H groups in total. The molecular weight excluding hydrogens is 303 g/mol. The van der Waals surface area contributed by atoms with E-state index in [9.17, 15) is 28.1 Å². The first-order valence-corrected chi connectivity index (χ1v) is 5.89. The number of carbonyl (C=O) groups excluding carboxylic acids is 1. The Labute approximate surface area is 122 Å². The van der Waals surface area contributed by atoms with Crippen LogP contribution in [0.4, 0.5) is 18.9 Å². The first-order chi connectivity index (χ1) is 10.3. The standard InChI is InChI=1S/C14H8F3NO4/c15-14(16,17)10-5-11(18(20)21)7-13(6-10)22-12-3-1-9(8-19)2-4-12/h1-8H. The summed E-state index contributed by atoms with van der Waals surface area (Å²) in [4.78, 5) is 20.3. The Bertz CT molecular complexity index is 711. The molecule has 0 fully saturated rings. The zero-order chi connectivity index (χ0) is 16.3. The molecule has 0 aliphatic heterocycles. The van der Waals surface area contributed by atoms with E-state index in [-0.39, 0.29) is 11.5 Å². The smallest absolute Gasteiger partial charge is 0.416 e. The fourth-order valence-corrected chi connectivity index (χ4v) is 1.66. The summed E-state index contributed by atoms with van der Waals surface area (Å²) < 4.78 is 43.4. The highest BCUT2D eigenvalue weighted by Crippen LogP contribution is 2.36. The van der Waals surface area contributed by atoms with Crippen LogP contribution in [0.25, 0.3) is 0 Å². The van der Waals surface area contributed by atoms with E-state index in [4.69, 9.17) is 4.74 Å². The Balaban J connectivity index is 2.38. The van der Waals surface area contributed by atoms with Gasteiger partial charge in [-0.25, -0.2) is 0 Å². The molecular formula is C14H8F3NO4. The van der Waals surface area contributed by atoms with Gasteiger partial charge in [0.1, 0.15) is 17.8 Å². The predicted molar refractivity (Wildman–Crippen MR) is 70.0 cm³/mol. The van der Waals surface area contributed by atoms with Crippen molar-refractivity contribution in [2.24, 2.45) is 0 Å². The Morgan fingerprint density at radius 3 is 2.18 bits per heavy atom. The van der Waals surface area contributed by atoms with Gasteiger partial charge in [0.2, 0.25) is 0 Å². The largest absolute Gasteiger partial charge is 0.457 e. The van der Waals surface area contributed by atoms with Crippen LogP contribution >= 0.6 is 0 Å². The summed E-state index contributed by atoms with van der Waals surface area (Å²) in [6.07, 6.45) is -4.13. The molecule has 0 bridgehead atoms. The second-order valence-corrected chi connectivity index (χ2v) is 4.26. The van der Waals surface area contributed by atoms with Crippen molar-refractivity contribution in [2.45, 2.75) is 6.18 Å². The normalized spacial score (nSPS) is 11.0. The molecule has 5 nitrogen and oxygen atoms in total. The molecule has 0 aliphatic rings. The number of hydrogen-bond acceptors (Lipinski definition) is 4. The summed E-state index contributed by atoms with van der Waals surface area (Å²) in [6.45, 7) is 0. The minimum Gasteiger partial charge on any atom is -0.457 e. The fourth-order valence-electron chi connectivity index (χ4n) is 1.66. The van der Waals surface area contributed by atoms with Gasteiger partial charge in [-0.2, -0.15) is 13.2 Å². The van der Waals surface area contributed by atoms with Crippen LogP contribution in [0.15, 0.2) is 42.5 Å². The third-order valence-electron chi connectivity index (χ3n) is 2.68. The summed E-state index contributed by atoms with van der Waals surface area (Å²) >= 11 is 0. The van der Waals surface area contributed by atoms with Crippen LogP contribution in [0.2, 0.25) is 0 Å². The number of ether oxygens (including phenoxy) is 1. The van der Waals surface area contributed by atoms with Gasteiger partial charge >= 0.3 is 6.18 Å². The molecule has 114 valence electrons. The predicted octanol–water partition coefficient (Wildman–Crippen LogP) is 4.22. The van der Waals surface area contributed by atoms with Gasteiger partial charge in [0.25, 0.3) is 5.69 Å². The van der Waals surface area contributed by atoms with E-state index in [0.29, 0.717) is 24.0 Å².